The summed E-state index contributed by atoms with van der Waals surface area (Å²) in [6.45, 7) is 4.27. The van der Waals surface area contributed by atoms with Gasteiger partial charge < -0.3 is 20.3 Å². The Kier molecular flexibility index (Phi) is 10.3. The van der Waals surface area contributed by atoms with Crippen LogP contribution in [-0.2, 0) is 16.4 Å². The lowest BCUT2D eigenvalue weighted by atomic mass is 10.0. The van der Waals surface area contributed by atoms with Crippen LogP contribution in [0.2, 0.25) is 0 Å². The van der Waals surface area contributed by atoms with Crippen LogP contribution in [0.3, 0.4) is 0 Å². The third-order valence-electron chi connectivity index (χ3n) is 7.06. The molecule has 0 aliphatic carbocycles. The Bertz CT molecular complexity index is 1630. The van der Waals surface area contributed by atoms with E-state index in [0.29, 0.717) is 16.1 Å². The summed E-state index contributed by atoms with van der Waals surface area (Å²) in [5.74, 6) is 5.10. The van der Waals surface area contributed by atoms with Gasteiger partial charge in [-0.05, 0) is 55.8 Å². The number of hydrogen-bond acceptors (Lipinski definition) is 7. The number of piperidine rings is 1. The summed E-state index contributed by atoms with van der Waals surface area (Å²) < 4.78 is 108. The van der Waals surface area contributed by atoms with E-state index in [2.05, 4.69) is 41.2 Å². The van der Waals surface area contributed by atoms with E-state index in [1.165, 1.54) is 6.07 Å². The van der Waals surface area contributed by atoms with Crippen LogP contribution in [0.25, 0.3) is 10.1 Å². The minimum Gasteiger partial charge on any atom is -0.482 e. The number of benzene rings is 2. The first-order valence-electron chi connectivity index (χ1n) is 13.7. The second-order valence-corrected chi connectivity index (χ2v) is 13.3. The van der Waals surface area contributed by atoms with Crippen LogP contribution in [0, 0.1) is 11.8 Å². The fraction of sp³-hybridized carbons (Fsp3) is 0.448. The van der Waals surface area contributed by atoms with Crippen molar-refractivity contribution < 1.29 is 39.5 Å². The Labute approximate surface area is 255 Å². The van der Waals surface area contributed by atoms with E-state index in [1.807, 2.05) is 6.07 Å². The molecule has 4 rings (SSSR count). The Balaban J connectivity index is 1.58. The minimum absolute atomic E-state index is 0.00203. The van der Waals surface area contributed by atoms with Gasteiger partial charge in [0.1, 0.15) is 5.75 Å². The highest BCUT2D eigenvalue weighted by molar-refractivity contribution is 7.89. The van der Waals surface area contributed by atoms with Gasteiger partial charge in [0.2, 0.25) is 10.0 Å². The fourth-order valence-corrected chi connectivity index (χ4v) is 6.61. The van der Waals surface area contributed by atoms with Crippen LogP contribution in [0.1, 0.15) is 37.1 Å². The van der Waals surface area contributed by atoms with E-state index in [9.17, 15) is 34.8 Å². The van der Waals surface area contributed by atoms with Crippen molar-refractivity contribution in [2.24, 2.45) is 5.14 Å². The van der Waals surface area contributed by atoms with Gasteiger partial charge in [0.15, 0.2) is 6.61 Å². The van der Waals surface area contributed by atoms with E-state index < -0.39 is 46.0 Å². The maximum absolute atomic E-state index is 13.6. The number of fused-ring (bicyclic) bond motifs is 1. The van der Waals surface area contributed by atoms with Gasteiger partial charge in [-0.25, -0.2) is 13.6 Å². The second-order valence-electron chi connectivity index (χ2n) is 10.7. The van der Waals surface area contributed by atoms with E-state index in [0.717, 1.165) is 55.1 Å². The van der Waals surface area contributed by atoms with Crippen LogP contribution >= 0.6 is 11.3 Å². The molecule has 0 saturated carbocycles. The van der Waals surface area contributed by atoms with Crippen molar-refractivity contribution in [3.8, 4) is 17.6 Å². The van der Waals surface area contributed by atoms with Crippen molar-refractivity contribution in [2.45, 2.75) is 62.4 Å². The van der Waals surface area contributed by atoms with Crippen molar-refractivity contribution in [3.05, 3.63) is 46.8 Å². The molecule has 1 aliphatic rings. The van der Waals surface area contributed by atoms with Gasteiger partial charge in [-0.15, -0.1) is 11.3 Å². The van der Waals surface area contributed by atoms with E-state index in [4.69, 9.17) is 9.88 Å². The quantitative estimate of drug-likeness (QED) is 0.183. The summed E-state index contributed by atoms with van der Waals surface area (Å²) in [5, 5.41) is 11.8. The molecule has 0 atom stereocenters. The van der Waals surface area contributed by atoms with E-state index in [1.54, 1.807) is 12.1 Å². The summed E-state index contributed by atoms with van der Waals surface area (Å²) >= 11 is 1.15. The van der Waals surface area contributed by atoms with Gasteiger partial charge in [-0.3, -0.25) is 0 Å². The first kappa shape index (κ1) is 33.7. The number of hydrogen-bond donors (Lipinski definition) is 3. The molecule has 3 aromatic rings. The van der Waals surface area contributed by atoms with E-state index >= 15 is 0 Å². The molecule has 0 amide bonds. The molecule has 7 nitrogen and oxygen atoms in total. The van der Waals surface area contributed by atoms with Gasteiger partial charge in [-0.1, -0.05) is 24.0 Å². The molecule has 1 fully saturated rings. The van der Waals surface area contributed by atoms with Gasteiger partial charge in [0.05, 0.1) is 38.8 Å². The normalized spacial score (nSPS) is 15.3. The van der Waals surface area contributed by atoms with Gasteiger partial charge in [0.25, 0.3) is 0 Å². The number of ether oxygens (including phenoxy) is 1. The number of primary sulfonamides is 1. The number of nitrogens with zero attached hydrogens (tertiary/aromatic N) is 1. The topological polar surface area (TPSA) is 96.7 Å². The third-order valence-corrected chi connectivity index (χ3v) is 9.16. The van der Waals surface area contributed by atoms with E-state index in [-0.39, 0.29) is 28.7 Å². The molecule has 0 radical (unpaired) electrons. The fourth-order valence-electron chi connectivity index (χ4n) is 4.91. The maximum Gasteiger partial charge on any atom is 0.422 e. The van der Waals surface area contributed by atoms with Crippen LogP contribution in [0.15, 0.2) is 41.3 Å². The largest absolute Gasteiger partial charge is 0.482 e. The van der Waals surface area contributed by atoms with Crippen LogP contribution in [0.4, 0.5) is 37.7 Å². The summed E-state index contributed by atoms with van der Waals surface area (Å²) in [5.41, 5.74) is 0.791. The highest BCUT2D eigenvalue weighted by atomic mass is 32.2. The Morgan fingerprint density at radius 2 is 1.77 bits per heavy atom. The molecule has 0 spiro atoms. The van der Waals surface area contributed by atoms with Crippen molar-refractivity contribution in [2.75, 3.05) is 36.9 Å². The zero-order valence-corrected chi connectivity index (χ0v) is 25.5. The van der Waals surface area contributed by atoms with Crippen molar-refractivity contribution in [3.63, 3.8) is 0 Å². The Hall–Kier alpha value is -3.19. The molecule has 15 heteroatoms. The smallest absolute Gasteiger partial charge is 0.422 e. The molecular formula is C29H32F6N4O3S2. The number of thiophene rings is 1. The average Bonchev–Trinajstić information content (AvgIpc) is 3.26. The molecule has 44 heavy (non-hydrogen) atoms. The van der Waals surface area contributed by atoms with Crippen molar-refractivity contribution >= 4 is 42.8 Å². The first-order chi connectivity index (χ1) is 20.5. The summed E-state index contributed by atoms with van der Waals surface area (Å²) in [4.78, 5) is 2.15. The Morgan fingerprint density at radius 1 is 1.07 bits per heavy atom. The average molecular weight is 663 g/mol. The zero-order valence-electron chi connectivity index (χ0n) is 23.9. The maximum atomic E-state index is 13.6. The molecule has 1 aromatic heterocycles. The molecule has 1 aliphatic heterocycles. The predicted octanol–water partition coefficient (Wildman–Crippen LogP) is 6.34. The summed E-state index contributed by atoms with van der Waals surface area (Å²) in [6.07, 6.45) is -8.54. The lowest BCUT2D eigenvalue weighted by Crippen LogP contribution is -2.42. The monoisotopic (exact) mass is 662 g/mol. The number of nitrogens with one attached hydrogen (secondary N) is 2. The zero-order chi connectivity index (χ0) is 32.3. The predicted molar refractivity (Wildman–Crippen MR) is 160 cm³/mol. The molecule has 0 bridgehead atoms. The van der Waals surface area contributed by atoms with Gasteiger partial charge in [-0.2, -0.15) is 26.3 Å². The summed E-state index contributed by atoms with van der Waals surface area (Å²) in [7, 11) is -4.22. The summed E-state index contributed by atoms with van der Waals surface area (Å²) in [6, 6.07) is 8.93. The van der Waals surface area contributed by atoms with Crippen molar-refractivity contribution in [1.82, 2.24) is 4.90 Å². The SMILES string of the molecule is CC(C)N1CCC(Nc2cccc3c(CC(F)(F)F)c(C#CCNc4ccc(S(N)(=O)=O)cc4OCC(F)(F)F)sc23)CC1. The number of alkyl halides is 6. The third kappa shape index (κ3) is 9.16. The number of likely N-dealkylation sites (tertiary alicyclic amines) is 1. The second kappa shape index (κ2) is 13.4. The van der Waals surface area contributed by atoms with Crippen LogP contribution < -0.4 is 20.5 Å². The first-order valence-corrected chi connectivity index (χ1v) is 16.1. The van der Waals surface area contributed by atoms with Crippen LogP contribution in [0.5, 0.6) is 5.75 Å². The minimum atomic E-state index is -4.69. The highest BCUT2D eigenvalue weighted by Crippen LogP contribution is 2.39. The molecule has 2 aromatic carbocycles. The highest BCUT2D eigenvalue weighted by Gasteiger charge is 2.32. The number of sulfonamides is 1. The lowest BCUT2D eigenvalue weighted by Gasteiger charge is -2.35. The van der Waals surface area contributed by atoms with Crippen molar-refractivity contribution in [1.29, 1.82) is 0 Å². The molecule has 240 valence electrons. The number of rotatable bonds is 9. The van der Waals surface area contributed by atoms with Gasteiger partial charge >= 0.3 is 12.4 Å². The molecule has 1 saturated heterocycles. The lowest BCUT2D eigenvalue weighted by molar-refractivity contribution is -0.153. The Morgan fingerprint density at radius 3 is 2.39 bits per heavy atom. The molecular weight excluding hydrogens is 630 g/mol. The standard InChI is InChI=1S/C29H32F6N4O3S2/c1-18(2)39-13-10-19(11-14-39)38-24-6-3-5-21-22(16-28(30,31)32)26(43-27(21)24)7-4-12-37-23-9-8-20(44(36,40)41)15-25(23)42-17-29(33,34)35/h3,5-6,8-9,15,18-19,37-38H,10-14,16-17H2,1-2H3,(H2,36,40,41). The molecule has 0 unspecified atom stereocenters. The number of halogens is 6. The number of nitrogens with two attached hydrogens (primary N) is 1. The van der Waals surface area contributed by atoms with Crippen LogP contribution in [-0.4, -0.2) is 64.0 Å². The number of anilines is 2. The molecule has 4 N–H and O–H groups in total. The molecule has 2 heterocycles. The van der Waals surface area contributed by atoms with Gasteiger partial charge in [0, 0.05) is 31.2 Å².